The first-order valence-corrected chi connectivity index (χ1v) is 8.81. The monoisotopic (exact) mass is 307 g/mol. The van der Waals surface area contributed by atoms with Crippen molar-refractivity contribution in [3.63, 3.8) is 0 Å². The van der Waals surface area contributed by atoms with Crippen molar-refractivity contribution in [2.24, 2.45) is 11.7 Å². The number of nitrogens with two attached hydrogens (primary N) is 1. The van der Waals surface area contributed by atoms with Gasteiger partial charge in [-0.1, -0.05) is 13.0 Å². The number of likely N-dealkylation sites (tertiary alicyclic amines) is 1. The number of carbonyl (C=O) groups is 1. The van der Waals surface area contributed by atoms with Gasteiger partial charge in [0.05, 0.1) is 11.6 Å². The number of nitrogens with zero attached hydrogens (tertiary/aromatic N) is 1. The molecule has 1 aromatic rings. The number of rotatable bonds is 5. The van der Waals surface area contributed by atoms with Gasteiger partial charge >= 0.3 is 0 Å². The van der Waals surface area contributed by atoms with Gasteiger partial charge in [-0.3, -0.25) is 9.69 Å². The van der Waals surface area contributed by atoms with Crippen LogP contribution in [0.3, 0.4) is 0 Å². The van der Waals surface area contributed by atoms with E-state index in [4.69, 9.17) is 5.73 Å². The Balaban J connectivity index is 1.64. The van der Waals surface area contributed by atoms with Crippen LogP contribution in [0, 0.1) is 5.92 Å². The SMILES string of the molecule is CC1CCN(C(CNC(=O)C2(N)CC2)c2cccs2)CC1. The second-order valence-corrected chi connectivity index (χ2v) is 7.60. The van der Waals surface area contributed by atoms with Crippen LogP contribution in [-0.4, -0.2) is 36.0 Å². The third kappa shape index (κ3) is 3.47. The molecule has 1 aromatic heterocycles. The van der Waals surface area contributed by atoms with Crippen LogP contribution < -0.4 is 11.1 Å². The Kier molecular flexibility index (Phi) is 4.33. The lowest BCUT2D eigenvalue weighted by molar-refractivity contribution is -0.123. The highest BCUT2D eigenvalue weighted by molar-refractivity contribution is 7.10. The van der Waals surface area contributed by atoms with E-state index >= 15 is 0 Å². The summed E-state index contributed by atoms with van der Waals surface area (Å²) >= 11 is 1.78. The van der Waals surface area contributed by atoms with Gasteiger partial charge in [-0.25, -0.2) is 0 Å². The van der Waals surface area contributed by atoms with Crippen molar-refractivity contribution in [3.8, 4) is 0 Å². The molecule has 1 saturated heterocycles. The Labute approximate surface area is 130 Å². The Morgan fingerprint density at radius 2 is 2.24 bits per heavy atom. The molecule has 1 aliphatic heterocycles. The Bertz CT molecular complexity index is 476. The maximum Gasteiger partial charge on any atom is 0.240 e. The van der Waals surface area contributed by atoms with E-state index in [-0.39, 0.29) is 5.91 Å². The molecule has 3 N–H and O–H groups in total. The summed E-state index contributed by atoms with van der Waals surface area (Å²) in [7, 11) is 0. The first kappa shape index (κ1) is 15.0. The smallest absolute Gasteiger partial charge is 0.240 e. The van der Waals surface area contributed by atoms with Crippen molar-refractivity contribution in [3.05, 3.63) is 22.4 Å². The summed E-state index contributed by atoms with van der Waals surface area (Å²) in [5.74, 6) is 0.841. The van der Waals surface area contributed by atoms with Crippen LogP contribution in [0.2, 0.25) is 0 Å². The van der Waals surface area contributed by atoms with Crippen molar-refractivity contribution in [2.75, 3.05) is 19.6 Å². The molecule has 0 spiro atoms. The minimum atomic E-state index is -0.573. The zero-order valence-electron chi connectivity index (χ0n) is 12.7. The molecule has 1 aliphatic carbocycles. The van der Waals surface area contributed by atoms with Gasteiger partial charge in [0.15, 0.2) is 0 Å². The lowest BCUT2D eigenvalue weighted by Crippen LogP contribution is -2.47. The second kappa shape index (κ2) is 6.07. The standard InChI is InChI=1S/C16H25N3OS/c1-12-4-8-19(9-5-12)13(14-3-2-10-21-14)11-18-15(20)16(17)6-7-16/h2-3,10,12-13H,4-9,11,17H2,1H3,(H,18,20). The van der Waals surface area contributed by atoms with Crippen LogP contribution in [0.4, 0.5) is 0 Å². The highest BCUT2D eigenvalue weighted by Crippen LogP contribution is 2.33. The molecule has 1 atom stereocenters. The van der Waals surface area contributed by atoms with Crippen molar-refractivity contribution >= 4 is 17.2 Å². The molecule has 2 fully saturated rings. The average molecular weight is 307 g/mol. The van der Waals surface area contributed by atoms with Gasteiger partial charge in [-0.2, -0.15) is 0 Å². The fourth-order valence-electron chi connectivity index (χ4n) is 2.96. The van der Waals surface area contributed by atoms with E-state index in [0.717, 1.165) is 31.8 Å². The van der Waals surface area contributed by atoms with E-state index < -0.39 is 5.54 Å². The summed E-state index contributed by atoms with van der Waals surface area (Å²) in [5, 5.41) is 5.20. The van der Waals surface area contributed by atoms with Crippen molar-refractivity contribution in [2.45, 2.75) is 44.2 Å². The lowest BCUT2D eigenvalue weighted by atomic mass is 9.97. The van der Waals surface area contributed by atoms with E-state index in [0.29, 0.717) is 12.6 Å². The van der Waals surface area contributed by atoms with Gasteiger partial charge < -0.3 is 11.1 Å². The van der Waals surface area contributed by atoms with Crippen LogP contribution in [0.25, 0.3) is 0 Å². The highest BCUT2D eigenvalue weighted by atomic mass is 32.1. The molecule has 2 aliphatic rings. The largest absolute Gasteiger partial charge is 0.353 e. The molecule has 21 heavy (non-hydrogen) atoms. The molecule has 1 saturated carbocycles. The zero-order valence-corrected chi connectivity index (χ0v) is 13.5. The molecule has 0 aromatic carbocycles. The number of hydrogen-bond donors (Lipinski definition) is 2. The van der Waals surface area contributed by atoms with Crippen LogP contribution >= 0.6 is 11.3 Å². The van der Waals surface area contributed by atoms with E-state index in [2.05, 4.69) is 34.7 Å². The number of hydrogen-bond acceptors (Lipinski definition) is 4. The molecule has 5 heteroatoms. The average Bonchev–Trinajstić information content (AvgIpc) is 3.02. The zero-order chi connectivity index (χ0) is 14.9. The predicted octanol–water partition coefficient (Wildman–Crippen LogP) is 2.13. The Hall–Kier alpha value is -0.910. The normalized spacial score (nSPS) is 23.7. The van der Waals surface area contributed by atoms with Crippen LogP contribution in [-0.2, 0) is 4.79 Å². The number of thiophene rings is 1. The molecule has 0 bridgehead atoms. The van der Waals surface area contributed by atoms with Crippen molar-refractivity contribution in [1.29, 1.82) is 0 Å². The van der Waals surface area contributed by atoms with Gasteiger partial charge in [0.2, 0.25) is 5.91 Å². The molecule has 1 unspecified atom stereocenters. The van der Waals surface area contributed by atoms with E-state index in [1.165, 1.54) is 17.7 Å². The summed E-state index contributed by atoms with van der Waals surface area (Å²) in [5.41, 5.74) is 5.40. The van der Waals surface area contributed by atoms with Crippen LogP contribution in [0.15, 0.2) is 17.5 Å². The molecular formula is C16H25N3OS. The van der Waals surface area contributed by atoms with E-state index in [9.17, 15) is 4.79 Å². The fraction of sp³-hybridized carbons (Fsp3) is 0.688. The Morgan fingerprint density at radius 3 is 2.81 bits per heavy atom. The summed E-state index contributed by atoms with van der Waals surface area (Å²) in [6.45, 7) is 5.23. The van der Waals surface area contributed by atoms with E-state index in [1.54, 1.807) is 11.3 Å². The summed E-state index contributed by atoms with van der Waals surface area (Å²) in [4.78, 5) is 15.9. The minimum Gasteiger partial charge on any atom is -0.353 e. The van der Waals surface area contributed by atoms with Gasteiger partial charge in [0, 0.05) is 11.4 Å². The van der Waals surface area contributed by atoms with Crippen LogP contribution in [0.5, 0.6) is 0 Å². The van der Waals surface area contributed by atoms with Gasteiger partial charge in [-0.05, 0) is 56.1 Å². The first-order chi connectivity index (χ1) is 10.1. The topological polar surface area (TPSA) is 58.4 Å². The second-order valence-electron chi connectivity index (χ2n) is 6.62. The summed E-state index contributed by atoms with van der Waals surface area (Å²) < 4.78 is 0. The highest BCUT2D eigenvalue weighted by Gasteiger charge is 2.46. The number of piperidine rings is 1. The van der Waals surface area contributed by atoms with Crippen molar-refractivity contribution in [1.82, 2.24) is 10.2 Å². The maximum atomic E-state index is 12.1. The van der Waals surface area contributed by atoms with Crippen molar-refractivity contribution < 1.29 is 4.79 Å². The first-order valence-electron chi connectivity index (χ1n) is 7.93. The summed E-state index contributed by atoms with van der Waals surface area (Å²) in [6.07, 6.45) is 4.14. The summed E-state index contributed by atoms with van der Waals surface area (Å²) in [6, 6.07) is 4.56. The third-order valence-corrected chi connectivity index (χ3v) is 5.80. The maximum absolute atomic E-state index is 12.1. The molecule has 116 valence electrons. The lowest BCUT2D eigenvalue weighted by Gasteiger charge is -2.36. The Morgan fingerprint density at radius 1 is 1.52 bits per heavy atom. The third-order valence-electron chi connectivity index (χ3n) is 4.83. The molecule has 3 rings (SSSR count). The van der Waals surface area contributed by atoms with Gasteiger partial charge in [-0.15, -0.1) is 11.3 Å². The van der Waals surface area contributed by atoms with Gasteiger partial charge in [0.25, 0.3) is 0 Å². The molecule has 4 nitrogen and oxygen atoms in total. The fourth-order valence-corrected chi connectivity index (χ4v) is 3.82. The number of nitrogens with one attached hydrogen (secondary N) is 1. The minimum absolute atomic E-state index is 0.0226. The predicted molar refractivity (Wildman–Crippen MR) is 86.2 cm³/mol. The van der Waals surface area contributed by atoms with Gasteiger partial charge in [0.1, 0.15) is 0 Å². The quantitative estimate of drug-likeness (QED) is 0.876. The molecule has 1 amide bonds. The number of amides is 1. The van der Waals surface area contributed by atoms with E-state index in [1.807, 2.05) is 0 Å². The molecule has 0 radical (unpaired) electrons. The number of carbonyl (C=O) groups excluding carboxylic acids is 1. The molecule has 2 heterocycles. The van der Waals surface area contributed by atoms with Crippen LogP contribution in [0.1, 0.15) is 43.5 Å². The molecular weight excluding hydrogens is 282 g/mol.